The largest absolute Gasteiger partial charge is 0.478 e. The second kappa shape index (κ2) is 9.26. The minimum Gasteiger partial charge on any atom is -0.478 e. The molecule has 4 aromatic rings. The van der Waals surface area contributed by atoms with Crippen molar-refractivity contribution in [3.8, 4) is 0 Å². The van der Waals surface area contributed by atoms with Crippen LogP contribution in [0.2, 0.25) is 0 Å². The van der Waals surface area contributed by atoms with Crippen LogP contribution in [0.4, 0.5) is 0 Å². The molecule has 2 amide bonds. The van der Waals surface area contributed by atoms with Crippen molar-refractivity contribution in [2.75, 3.05) is 0 Å². The van der Waals surface area contributed by atoms with E-state index in [0.717, 1.165) is 27.8 Å². The summed E-state index contributed by atoms with van der Waals surface area (Å²) in [6, 6.07) is 13.9. The third kappa shape index (κ3) is 4.19. The predicted molar refractivity (Wildman–Crippen MR) is 132 cm³/mol. The molecule has 1 aliphatic carbocycles. The number of amides is 2. The van der Waals surface area contributed by atoms with Crippen molar-refractivity contribution < 1.29 is 19.5 Å². The van der Waals surface area contributed by atoms with E-state index < -0.39 is 11.9 Å². The van der Waals surface area contributed by atoms with Gasteiger partial charge in [0.2, 0.25) is 0 Å². The summed E-state index contributed by atoms with van der Waals surface area (Å²) < 4.78 is 1.40. The monoisotopic (exact) mass is 483 g/mol. The number of hydrogen-bond acceptors (Lipinski definition) is 5. The van der Waals surface area contributed by atoms with E-state index in [0.29, 0.717) is 25.0 Å². The molecular weight excluding hydrogens is 458 g/mol. The van der Waals surface area contributed by atoms with E-state index in [4.69, 9.17) is 0 Å². The first-order chi connectivity index (χ1) is 17.3. The molecule has 5 rings (SSSR count). The highest BCUT2D eigenvalue weighted by atomic mass is 16.4. The molecule has 0 saturated heterocycles. The Bertz CT molecular complexity index is 1520. The maximum atomic E-state index is 13.4. The lowest BCUT2D eigenvalue weighted by Crippen LogP contribution is -2.30. The number of nitrogens with one attached hydrogen (secondary N) is 2. The zero-order chi connectivity index (χ0) is 25.4. The Morgan fingerprint density at radius 1 is 1.08 bits per heavy atom. The topological polar surface area (TPSA) is 126 Å². The summed E-state index contributed by atoms with van der Waals surface area (Å²) in [7, 11) is 0. The van der Waals surface area contributed by atoms with Gasteiger partial charge in [0.15, 0.2) is 5.65 Å². The smallest absolute Gasteiger partial charge is 0.335 e. The molecule has 9 nitrogen and oxygen atoms in total. The van der Waals surface area contributed by atoms with Crippen LogP contribution in [0.5, 0.6) is 0 Å². The van der Waals surface area contributed by atoms with Crippen LogP contribution in [-0.2, 0) is 13.0 Å². The van der Waals surface area contributed by atoms with Crippen molar-refractivity contribution in [3.63, 3.8) is 0 Å². The lowest BCUT2D eigenvalue weighted by atomic mass is 9.98. The number of aromatic carboxylic acids is 1. The molecule has 3 N–H and O–H groups in total. The van der Waals surface area contributed by atoms with E-state index >= 15 is 0 Å². The molecule has 0 aliphatic heterocycles. The van der Waals surface area contributed by atoms with Crippen molar-refractivity contribution in [1.29, 1.82) is 0 Å². The van der Waals surface area contributed by atoms with Gasteiger partial charge in [-0.05, 0) is 60.6 Å². The third-order valence-corrected chi connectivity index (χ3v) is 6.75. The normalized spacial score (nSPS) is 14.4. The summed E-state index contributed by atoms with van der Waals surface area (Å²) in [5.41, 5.74) is 5.63. The van der Waals surface area contributed by atoms with Crippen LogP contribution in [0.1, 0.15) is 71.6 Å². The standard InChI is InChI=1S/C27H25N5O4/c1-15-5-3-4-6-17(15)14-28-25(33)22-13-23(32-24(30-22)11-12-29-32)26(34)31-21-10-9-18-16(2)19(27(35)36)7-8-20(18)21/h3-8,11-13,21H,9-10,14H2,1-2H3,(H,28,33)(H,31,34)(H,35,36)/t21-/m0/s1. The van der Waals surface area contributed by atoms with Crippen molar-refractivity contribution in [2.45, 2.75) is 39.3 Å². The number of benzene rings is 2. The van der Waals surface area contributed by atoms with E-state index in [2.05, 4.69) is 20.7 Å². The average Bonchev–Trinajstić information content (AvgIpc) is 3.50. The van der Waals surface area contributed by atoms with Crippen LogP contribution >= 0.6 is 0 Å². The number of hydrogen-bond donors (Lipinski definition) is 3. The maximum absolute atomic E-state index is 13.4. The number of aryl methyl sites for hydroxylation is 1. The molecule has 0 bridgehead atoms. The van der Waals surface area contributed by atoms with Crippen LogP contribution in [0.15, 0.2) is 54.7 Å². The lowest BCUT2D eigenvalue weighted by Gasteiger charge is -2.16. The molecular formula is C27H25N5O4. The Kier molecular flexibility index (Phi) is 5.97. The quantitative estimate of drug-likeness (QED) is 0.386. The molecule has 2 aromatic heterocycles. The van der Waals surface area contributed by atoms with Crippen LogP contribution in [-0.4, -0.2) is 37.5 Å². The van der Waals surface area contributed by atoms with Crippen molar-refractivity contribution in [2.24, 2.45) is 0 Å². The number of carbonyl (C=O) groups is 3. The highest BCUT2D eigenvalue weighted by molar-refractivity contribution is 5.98. The number of carboxylic acids is 1. The minimum absolute atomic E-state index is 0.121. The van der Waals surface area contributed by atoms with Crippen LogP contribution in [0, 0.1) is 13.8 Å². The first-order valence-electron chi connectivity index (χ1n) is 11.7. The molecule has 0 unspecified atom stereocenters. The van der Waals surface area contributed by atoms with E-state index in [-0.39, 0.29) is 28.9 Å². The SMILES string of the molecule is Cc1ccccc1CNC(=O)c1cc(C(=O)N[C@H]2CCc3c2ccc(C(=O)O)c3C)n2nccc2n1. The van der Waals surface area contributed by atoms with Gasteiger partial charge in [-0.1, -0.05) is 30.3 Å². The van der Waals surface area contributed by atoms with Gasteiger partial charge >= 0.3 is 5.97 Å². The maximum Gasteiger partial charge on any atom is 0.335 e. The van der Waals surface area contributed by atoms with Crippen LogP contribution in [0.25, 0.3) is 5.65 Å². The van der Waals surface area contributed by atoms with E-state index in [9.17, 15) is 19.5 Å². The van der Waals surface area contributed by atoms with Crippen molar-refractivity contribution in [3.05, 3.63) is 99.5 Å². The molecule has 182 valence electrons. The van der Waals surface area contributed by atoms with Gasteiger partial charge in [0, 0.05) is 18.7 Å². The molecule has 9 heteroatoms. The van der Waals surface area contributed by atoms with E-state index in [1.54, 1.807) is 25.1 Å². The lowest BCUT2D eigenvalue weighted by molar-refractivity contribution is 0.0695. The van der Waals surface area contributed by atoms with Gasteiger partial charge in [0.1, 0.15) is 11.4 Å². The molecule has 0 spiro atoms. The summed E-state index contributed by atoms with van der Waals surface area (Å²) in [5.74, 6) is -1.75. The molecule has 0 radical (unpaired) electrons. The van der Waals surface area contributed by atoms with Crippen molar-refractivity contribution >= 4 is 23.4 Å². The number of carboxylic acid groups (broad SMARTS) is 1. The van der Waals surface area contributed by atoms with E-state index in [1.165, 1.54) is 16.8 Å². The summed E-state index contributed by atoms with van der Waals surface area (Å²) >= 11 is 0. The molecule has 0 fully saturated rings. The zero-order valence-electron chi connectivity index (χ0n) is 19.9. The Morgan fingerprint density at radius 3 is 2.67 bits per heavy atom. The number of fused-ring (bicyclic) bond motifs is 2. The number of nitrogens with zero attached hydrogens (tertiary/aromatic N) is 3. The zero-order valence-corrected chi connectivity index (χ0v) is 19.9. The van der Waals surface area contributed by atoms with Crippen molar-refractivity contribution in [1.82, 2.24) is 25.2 Å². The molecule has 1 atom stereocenters. The minimum atomic E-state index is -0.964. The molecule has 2 heterocycles. The summed E-state index contributed by atoms with van der Waals surface area (Å²) in [6.07, 6.45) is 2.85. The van der Waals surface area contributed by atoms with Gasteiger partial charge in [0.05, 0.1) is 17.8 Å². The fourth-order valence-corrected chi connectivity index (χ4v) is 4.76. The highest BCUT2D eigenvalue weighted by Gasteiger charge is 2.28. The molecule has 1 aliphatic rings. The molecule has 36 heavy (non-hydrogen) atoms. The summed E-state index contributed by atoms with van der Waals surface area (Å²) in [5, 5.41) is 19.5. The average molecular weight is 484 g/mol. The molecule has 2 aromatic carbocycles. The second-order valence-electron chi connectivity index (χ2n) is 8.91. The van der Waals surface area contributed by atoms with E-state index in [1.807, 2.05) is 31.2 Å². The predicted octanol–water partition coefficient (Wildman–Crippen LogP) is 3.39. The Labute approximate surface area is 207 Å². The first-order valence-corrected chi connectivity index (χ1v) is 11.7. The van der Waals surface area contributed by atoms with Crippen LogP contribution < -0.4 is 10.6 Å². The fraction of sp³-hybridized carbons (Fsp3) is 0.222. The highest BCUT2D eigenvalue weighted by Crippen LogP contribution is 2.35. The van der Waals surface area contributed by atoms with Gasteiger partial charge < -0.3 is 15.7 Å². The summed E-state index contributed by atoms with van der Waals surface area (Å²) in [4.78, 5) is 42.1. The van der Waals surface area contributed by atoms with Crippen LogP contribution in [0.3, 0.4) is 0 Å². The Hall–Kier alpha value is -4.53. The Morgan fingerprint density at radius 2 is 1.89 bits per heavy atom. The Balaban J connectivity index is 1.39. The first kappa shape index (κ1) is 23.2. The second-order valence-corrected chi connectivity index (χ2v) is 8.91. The summed E-state index contributed by atoms with van der Waals surface area (Å²) in [6.45, 7) is 4.12. The number of carbonyl (C=O) groups excluding carboxylic acids is 2. The third-order valence-electron chi connectivity index (χ3n) is 6.75. The van der Waals surface area contributed by atoms with Gasteiger partial charge in [-0.3, -0.25) is 9.59 Å². The van der Waals surface area contributed by atoms with Gasteiger partial charge in [-0.25, -0.2) is 14.3 Å². The fourth-order valence-electron chi connectivity index (χ4n) is 4.76. The van der Waals surface area contributed by atoms with Gasteiger partial charge in [0.25, 0.3) is 11.8 Å². The molecule has 0 saturated carbocycles. The number of rotatable bonds is 6. The number of aromatic nitrogens is 3. The van der Waals surface area contributed by atoms with Gasteiger partial charge in [-0.2, -0.15) is 5.10 Å². The van der Waals surface area contributed by atoms with Gasteiger partial charge in [-0.15, -0.1) is 0 Å².